The van der Waals surface area contributed by atoms with E-state index < -0.39 is 6.67 Å². The van der Waals surface area contributed by atoms with Gasteiger partial charge in [0.2, 0.25) is 5.95 Å². The molecular weight excluding hydrogens is 299 g/mol. The van der Waals surface area contributed by atoms with E-state index in [1.807, 2.05) is 0 Å². The first kappa shape index (κ1) is 15.0. The Morgan fingerprint density at radius 2 is 2.17 bits per heavy atom. The molecular formula is C16H15FN4O2. The highest BCUT2D eigenvalue weighted by molar-refractivity contribution is 5.78. The summed E-state index contributed by atoms with van der Waals surface area (Å²) in [7, 11) is 0. The Balaban J connectivity index is 2.10. The maximum Gasteiger partial charge on any atom is 0.250 e. The van der Waals surface area contributed by atoms with Gasteiger partial charge in [-0.1, -0.05) is 0 Å². The minimum Gasteiger partial charge on any atom is -0.463 e. The molecule has 0 atom stereocenters. The number of halogens is 1. The van der Waals surface area contributed by atoms with Crippen molar-refractivity contribution < 1.29 is 8.81 Å². The van der Waals surface area contributed by atoms with Gasteiger partial charge in [-0.2, -0.15) is 0 Å². The fourth-order valence-electron chi connectivity index (χ4n) is 2.30. The van der Waals surface area contributed by atoms with Crippen molar-refractivity contribution >= 4 is 5.95 Å². The Kier molecular flexibility index (Phi) is 4.18. The summed E-state index contributed by atoms with van der Waals surface area (Å²) in [6, 6.07) is 6.63. The lowest BCUT2D eigenvalue weighted by atomic mass is 10.1. The maximum absolute atomic E-state index is 12.4. The summed E-state index contributed by atoms with van der Waals surface area (Å²) < 4.78 is 19.2. The number of nitrogen functional groups attached to an aromatic ring is 1. The largest absolute Gasteiger partial charge is 0.463 e. The lowest BCUT2D eigenvalue weighted by Crippen LogP contribution is -2.18. The Morgan fingerprint density at radius 1 is 1.30 bits per heavy atom. The second-order valence-electron chi connectivity index (χ2n) is 4.96. The summed E-state index contributed by atoms with van der Waals surface area (Å²) in [5.74, 6) is 0.682. The number of nitrogens with zero attached hydrogens (tertiary/aromatic N) is 3. The molecule has 0 aromatic carbocycles. The van der Waals surface area contributed by atoms with Crippen LogP contribution in [0.2, 0.25) is 0 Å². The molecule has 0 aliphatic heterocycles. The number of aromatic nitrogens is 3. The van der Waals surface area contributed by atoms with Gasteiger partial charge in [0.05, 0.1) is 12.9 Å². The van der Waals surface area contributed by atoms with Crippen LogP contribution >= 0.6 is 0 Å². The van der Waals surface area contributed by atoms with Gasteiger partial charge in [0.1, 0.15) is 5.69 Å². The predicted octanol–water partition coefficient (Wildman–Crippen LogP) is 2.51. The summed E-state index contributed by atoms with van der Waals surface area (Å²) >= 11 is 0. The number of furan rings is 1. The number of alkyl halides is 1. The SMILES string of the molecule is Nc1ncc(-c2ccc(=O)n(CCCF)c2)c(-c2ccco2)n1. The second kappa shape index (κ2) is 6.43. The van der Waals surface area contributed by atoms with Crippen LogP contribution in [0.4, 0.5) is 10.3 Å². The highest BCUT2D eigenvalue weighted by Crippen LogP contribution is 2.30. The van der Waals surface area contributed by atoms with Crippen LogP contribution in [-0.4, -0.2) is 21.2 Å². The smallest absolute Gasteiger partial charge is 0.250 e. The number of hydrogen-bond donors (Lipinski definition) is 1. The van der Waals surface area contributed by atoms with Gasteiger partial charge in [0.15, 0.2) is 5.76 Å². The van der Waals surface area contributed by atoms with E-state index in [0.29, 0.717) is 23.6 Å². The van der Waals surface area contributed by atoms with Crippen molar-refractivity contribution in [2.45, 2.75) is 13.0 Å². The molecule has 0 saturated heterocycles. The number of pyridine rings is 1. The highest BCUT2D eigenvalue weighted by atomic mass is 19.1. The monoisotopic (exact) mass is 314 g/mol. The van der Waals surface area contributed by atoms with Gasteiger partial charge < -0.3 is 14.7 Å². The highest BCUT2D eigenvalue weighted by Gasteiger charge is 2.14. The van der Waals surface area contributed by atoms with Crippen LogP contribution in [0.15, 0.2) is 52.1 Å². The molecule has 0 radical (unpaired) electrons. The molecule has 7 heteroatoms. The minimum absolute atomic E-state index is 0.130. The van der Waals surface area contributed by atoms with Gasteiger partial charge in [-0.05, 0) is 24.6 Å². The molecule has 2 N–H and O–H groups in total. The zero-order valence-electron chi connectivity index (χ0n) is 12.3. The Bertz CT molecular complexity index is 859. The van der Waals surface area contributed by atoms with E-state index in [1.54, 1.807) is 36.9 Å². The molecule has 3 aromatic heterocycles. The Hall–Kier alpha value is -2.96. The number of nitrogens with two attached hydrogens (primary N) is 1. The minimum atomic E-state index is -0.473. The molecule has 23 heavy (non-hydrogen) atoms. The first-order valence-electron chi connectivity index (χ1n) is 7.12. The van der Waals surface area contributed by atoms with E-state index in [0.717, 1.165) is 5.56 Å². The topological polar surface area (TPSA) is 86.9 Å². The number of rotatable bonds is 5. The van der Waals surface area contributed by atoms with E-state index in [2.05, 4.69) is 9.97 Å². The standard InChI is InChI=1S/C16H15FN4O2/c17-6-2-7-21-10-11(4-5-14(21)22)12-9-19-16(18)20-15(12)13-3-1-8-23-13/h1,3-5,8-10H,2,6-7H2,(H2,18,19,20). The van der Waals surface area contributed by atoms with E-state index in [1.165, 1.54) is 10.6 Å². The summed E-state index contributed by atoms with van der Waals surface area (Å²) in [5, 5.41) is 0. The molecule has 0 saturated carbocycles. The van der Waals surface area contributed by atoms with Gasteiger partial charge in [0.25, 0.3) is 5.56 Å². The van der Waals surface area contributed by atoms with Crippen molar-refractivity contribution in [3.05, 3.63) is 53.3 Å². The van der Waals surface area contributed by atoms with Crippen LogP contribution in [0.5, 0.6) is 0 Å². The van der Waals surface area contributed by atoms with Gasteiger partial charge >= 0.3 is 0 Å². The molecule has 0 amide bonds. The average Bonchev–Trinajstić information content (AvgIpc) is 3.08. The van der Waals surface area contributed by atoms with Crippen LogP contribution in [0.1, 0.15) is 6.42 Å². The van der Waals surface area contributed by atoms with Crippen molar-refractivity contribution in [2.75, 3.05) is 12.4 Å². The Morgan fingerprint density at radius 3 is 2.91 bits per heavy atom. The molecule has 0 aliphatic rings. The van der Waals surface area contributed by atoms with Gasteiger partial charge in [-0.25, -0.2) is 9.97 Å². The second-order valence-corrected chi connectivity index (χ2v) is 4.96. The molecule has 0 unspecified atom stereocenters. The summed E-state index contributed by atoms with van der Waals surface area (Å²) in [5.41, 5.74) is 7.44. The fourth-order valence-corrected chi connectivity index (χ4v) is 2.30. The van der Waals surface area contributed by atoms with Crippen molar-refractivity contribution in [3.8, 4) is 22.6 Å². The van der Waals surface area contributed by atoms with Gasteiger partial charge in [-0.15, -0.1) is 0 Å². The number of hydrogen-bond acceptors (Lipinski definition) is 5. The molecule has 0 fully saturated rings. The third-order valence-electron chi connectivity index (χ3n) is 3.39. The third-order valence-corrected chi connectivity index (χ3v) is 3.39. The normalized spacial score (nSPS) is 10.8. The van der Waals surface area contributed by atoms with Crippen LogP contribution < -0.4 is 11.3 Å². The third kappa shape index (κ3) is 3.13. The molecule has 0 bridgehead atoms. The molecule has 0 aliphatic carbocycles. The quantitative estimate of drug-likeness (QED) is 0.782. The fraction of sp³-hybridized carbons (Fsp3) is 0.188. The maximum atomic E-state index is 12.4. The van der Waals surface area contributed by atoms with Crippen LogP contribution in [0.25, 0.3) is 22.6 Å². The Labute approximate surface area is 131 Å². The lowest BCUT2D eigenvalue weighted by molar-refractivity contribution is 0.443. The van der Waals surface area contributed by atoms with Gasteiger partial charge in [0, 0.05) is 36.1 Å². The molecule has 118 valence electrons. The van der Waals surface area contributed by atoms with E-state index in [9.17, 15) is 9.18 Å². The molecule has 3 aromatic rings. The van der Waals surface area contributed by atoms with Crippen LogP contribution in [0, 0.1) is 0 Å². The zero-order chi connectivity index (χ0) is 16.2. The van der Waals surface area contributed by atoms with E-state index in [4.69, 9.17) is 10.2 Å². The zero-order valence-corrected chi connectivity index (χ0v) is 12.3. The first-order chi connectivity index (χ1) is 11.2. The van der Waals surface area contributed by atoms with Crippen molar-refractivity contribution in [1.29, 1.82) is 0 Å². The number of aryl methyl sites for hydroxylation is 1. The van der Waals surface area contributed by atoms with Crippen LogP contribution in [-0.2, 0) is 6.54 Å². The average molecular weight is 314 g/mol. The van der Waals surface area contributed by atoms with Crippen molar-refractivity contribution in [2.24, 2.45) is 0 Å². The molecule has 3 heterocycles. The predicted molar refractivity (Wildman–Crippen MR) is 84.4 cm³/mol. The summed E-state index contributed by atoms with van der Waals surface area (Å²) in [4.78, 5) is 20.1. The molecule has 0 spiro atoms. The lowest BCUT2D eigenvalue weighted by Gasteiger charge is -2.10. The van der Waals surface area contributed by atoms with Gasteiger partial charge in [-0.3, -0.25) is 9.18 Å². The number of anilines is 1. The van der Waals surface area contributed by atoms with E-state index in [-0.39, 0.29) is 17.9 Å². The summed E-state index contributed by atoms with van der Waals surface area (Å²) in [6.45, 7) is -0.158. The van der Waals surface area contributed by atoms with Crippen molar-refractivity contribution in [1.82, 2.24) is 14.5 Å². The van der Waals surface area contributed by atoms with Crippen molar-refractivity contribution in [3.63, 3.8) is 0 Å². The summed E-state index contributed by atoms with van der Waals surface area (Å²) in [6.07, 6.45) is 5.07. The van der Waals surface area contributed by atoms with E-state index >= 15 is 0 Å². The molecule has 6 nitrogen and oxygen atoms in total. The first-order valence-corrected chi connectivity index (χ1v) is 7.12. The molecule has 3 rings (SSSR count). The van der Waals surface area contributed by atoms with Crippen LogP contribution in [0.3, 0.4) is 0 Å².